The predicted molar refractivity (Wildman–Crippen MR) is 92.2 cm³/mol. The van der Waals surface area contributed by atoms with Crippen LogP contribution in [0.4, 0.5) is 5.69 Å². The van der Waals surface area contributed by atoms with Crippen molar-refractivity contribution >= 4 is 45.2 Å². The number of halogens is 1. The van der Waals surface area contributed by atoms with Crippen molar-refractivity contribution in [2.75, 3.05) is 11.9 Å². The van der Waals surface area contributed by atoms with E-state index in [4.69, 9.17) is 4.74 Å². The minimum Gasteiger partial charge on any atom is -0.484 e. The first-order valence-corrected chi connectivity index (χ1v) is 7.58. The van der Waals surface area contributed by atoms with E-state index in [-0.39, 0.29) is 18.2 Å². The second-order valence-electron chi connectivity index (χ2n) is 4.63. The Labute approximate surface area is 139 Å². The van der Waals surface area contributed by atoms with E-state index >= 15 is 0 Å². The van der Waals surface area contributed by atoms with E-state index in [1.165, 1.54) is 0 Å². The van der Waals surface area contributed by atoms with Gasteiger partial charge in [-0.3, -0.25) is 4.79 Å². The van der Waals surface area contributed by atoms with Gasteiger partial charge in [0.1, 0.15) is 5.75 Å². The van der Waals surface area contributed by atoms with Crippen molar-refractivity contribution in [1.29, 1.82) is 0 Å². The molecule has 0 aliphatic heterocycles. The Bertz CT molecular complexity index is 868. The summed E-state index contributed by atoms with van der Waals surface area (Å²) in [5.74, 6) is 0.372. The van der Waals surface area contributed by atoms with Gasteiger partial charge in [0.05, 0.1) is 11.0 Å². The number of anilines is 1. The molecule has 0 spiro atoms. The maximum Gasteiger partial charge on any atom is 0.323 e. The van der Waals surface area contributed by atoms with Gasteiger partial charge >= 0.3 is 5.69 Å². The van der Waals surface area contributed by atoms with Gasteiger partial charge in [0.2, 0.25) is 0 Å². The molecule has 0 aliphatic carbocycles. The van der Waals surface area contributed by atoms with Crippen LogP contribution in [-0.2, 0) is 4.79 Å². The molecule has 3 aromatic rings. The summed E-state index contributed by atoms with van der Waals surface area (Å²) in [6.45, 7) is -0.0811. The van der Waals surface area contributed by atoms with Crippen molar-refractivity contribution in [3.05, 3.63) is 56.5 Å². The van der Waals surface area contributed by atoms with Crippen molar-refractivity contribution in [2.45, 2.75) is 0 Å². The van der Waals surface area contributed by atoms with Gasteiger partial charge in [-0.2, -0.15) is 0 Å². The molecule has 0 fully saturated rings. The molecule has 1 heterocycles. The molecule has 1 amide bonds. The van der Waals surface area contributed by atoms with Gasteiger partial charge in [-0.1, -0.05) is 0 Å². The van der Waals surface area contributed by atoms with Gasteiger partial charge < -0.3 is 20.0 Å². The zero-order valence-corrected chi connectivity index (χ0v) is 13.5. The van der Waals surface area contributed by atoms with Crippen molar-refractivity contribution in [2.24, 2.45) is 0 Å². The van der Waals surface area contributed by atoms with Crippen LogP contribution in [-0.4, -0.2) is 22.5 Å². The summed E-state index contributed by atoms with van der Waals surface area (Å²) < 4.78 is 6.51. The van der Waals surface area contributed by atoms with Gasteiger partial charge in [0, 0.05) is 9.26 Å². The molecule has 0 unspecified atom stereocenters. The average Bonchev–Trinajstić information content (AvgIpc) is 2.86. The largest absolute Gasteiger partial charge is 0.484 e. The molecular weight excluding hydrogens is 397 g/mol. The number of rotatable bonds is 4. The summed E-state index contributed by atoms with van der Waals surface area (Å²) in [6, 6.07) is 12.6. The van der Waals surface area contributed by atoms with Crippen LogP contribution in [0.3, 0.4) is 0 Å². The fourth-order valence-corrected chi connectivity index (χ4v) is 2.35. The number of imidazole rings is 1. The molecule has 3 rings (SSSR count). The van der Waals surface area contributed by atoms with Crippen LogP contribution < -0.4 is 15.7 Å². The third-order valence-electron chi connectivity index (χ3n) is 2.98. The van der Waals surface area contributed by atoms with E-state index in [9.17, 15) is 9.59 Å². The molecule has 112 valence electrons. The number of carbonyl (C=O) groups is 1. The molecular formula is C15H12IN3O3. The summed E-state index contributed by atoms with van der Waals surface area (Å²) in [5, 5.41) is 2.72. The molecule has 0 saturated carbocycles. The van der Waals surface area contributed by atoms with Gasteiger partial charge in [-0.15, -0.1) is 0 Å². The van der Waals surface area contributed by atoms with Crippen LogP contribution in [0, 0.1) is 3.57 Å². The van der Waals surface area contributed by atoms with Crippen LogP contribution in [0.25, 0.3) is 11.0 Å². The number of hydrogen-bond donors (Lipinski definition) is 3. The summed E-state index contributed by atoms with van der Waals surface area (Å²) in [7, 11) is 0. The molecule has 1 aromatic heterocycles. The molecule has 0 bridgehead atoms. The maximum atomic E-state index is 11.9. The Morgan fingerprint density at radius 1 is 1.09 bits per heavy atom. The molecule has 0 saturated heterocycles. The summed E-state index contributed by atoms with van der Waals surface area (Å²) in [5.41, 5.74) is 1.65. The third kappa shape index (κ3) is 3.48. The second-order valence-corrected chi connectivity index (χ2v) is 5.88. The molecule has 22 heavy (non-hydrogen) atoms. The molecule has 2 aromatic carbocycles. The summed E-state index contributed by atoms with van der Waals surface area (Å²) in [6.07, 6.45) is 0. The first-order valence-electron chi connectivity index (χ1n) is 6.50. The standard InChI is InChI=1S/C15H12IN3O3/c16-9-1-4-11(5-2-9)22-8-14(20)17-10-3-6-12-13(7-10)19-15(21)18-12/h1-7H,8H2,(H,17,20)(H2,18,19,21). The molecule has 6 nitrogen and oxygen atoms in total. The fourth-order valence-electron chi connectivity index (χ4n) is 1.99. The van der Waals surface area contributed by atoms with Crippen LogP contribution in [0.15, 0.2) is 47.3 Å². The van der Waals surface area contributed by atoms with E-state index in [2.05, 4.69) is 37.9 Å². The molecule has 0 radical (unpaired) electrons. The number of hydrogen-bond acceptors (Lipinski definition) is 3. The number of amides is 1. The van der Waals surface area contributed by atoms with E-state index in [1.807, 2.05) is 24.3 Å². The lowest BCUT2D eigenvalue weighted by Crippen LogP contribution is -2.20. The van der Waals surface area contributed by atoms with E-state index in [1.54, 1.807) is 18.2 Å². The third-order valence-corrected chi connectivity index (χ3v) is 3.70. The minimum absolute atomic E-state index is 0.0811. The number of ether oxygens (including phenoxy) is 1. The van der Waals surface area contributed by atoms with Crippen molar-refractivity contribution in [3.8, 4) is 5.75 Å². The highest BCUT2D eigenvalue weighted by atomic mass is 127. The molecule has 0 aliphatic rings. The van der Waals surface area contributed by atoms with Crippen LogP contribution >= 0.6 is 22.6 Å². The van der Waals surface area contributed by atoms with Crippen LogP contribution in [0.1, 0.15) is 0 Å². The fraction of sp³-hybridized carbons (Fsp3) is 0.0667. The van der Waals surface area contributed by atoms with E-state index in [0.717, 1.165) is 3.57 Å². The summed E-state index contributed by atoms with van der Waals surface area (Å²) >= 11 is 2.20. The van der Waals surface area contributed by atoms with Gasteiger partial charge in [0.25, 0.3) is 5.91 Å². The molecule has 7 heteroatoms. The zero-order valence-electron chi connectivity index (χ0n) is 11.4. The lowest BCUT2D eigenvalue weighted by atomic mass is 10.3. The van der Waals surface area contributed by atoms with Gasteiger partial charge in [0.15, 0.2) is 6.61 Å². The lowest BCUT2D eigenvalue weighted by Gasteiger charge is -2.07. The van der Waals surface area contributed by atoms with Crippen LogP contribution in [0.5, 0.6) is 5.75 Å². The number of aromatic nitrogens is 2. The van der Waals surface area contributed by atoms with Gasteiger partial charge in [-0.05, 0) is 65.1 Å². The SMILES string of the molecule is O=C(COc1ccc(I)cc1)Nc1ccc2[nH]c(=O)[nH]c2c1. The monoisotopic (exact) mass is 409 g/mol. The first-order chi connectivity index (χ1) is 10.6. The van der Waals surface area contributed by atoms with E-state index in [0.29, 0.717) is 22.5 Å². The highest BCUT2D eigenvalue weighted by Gasteiger charge is 2.05. The minimum atomic E-state index is -0.277. The Hall–Kier alpha value is -2.29. The van der Waals surface area contributed by atoms with Crippen molar-refractivity contribution in [1.82, 2.24) is 9.97 Å². The van der Waals surface area contributed by atoms with Crippen LogP contribution in [0.2, 0.25) is 0 Å². The second kappa shape index (κ2) is 6.22. The highest BCUT2D eigenvalue weighted by Crippen LogP contribution is 2.15. The quantitative estimate of drug-likeness (QED) is 0.579. The summed E-state index contributed by atoms with van der Waals surface area (Å²) in [4.78, 5) is 28.3. The average molecular weight is 409 g/mol. The molecule has 3 N–H and O–H groups in total. The number of H-pyrrole nitrogens is 2. The van der Waals surface area contributed by atoms with Crippen molar-refractivity contribution in [3.63, 3.8) is 0 Å². The Balaban J connectivity index is 1.62. The number of fused-ring (bicyclic) bond motifs is 1. The van der Waals surface area contributed by atoms with Gasteiger partial charge in [-0.25, -0.2) is 4.79 Å². The number of aromatic amines is 2. The predicted octanol–water partition coefficient (Wildman–Crippen LogP) is 2.48. The lowest BCUT2D eigenvalue weighted by molar-refractivity contribution is -0.118. The smallest absolute Gasteiger partial charge is 0.323 e. The first kappa shape index (κ1) is 14.6. The maximum absolute atomic E-state index is 11.9. The number of carbonyl (C=O) groups excluding carboxylic acids is 1. The highest BCUT2D eigenvalue weighted by molar-refractivity contribution is 14.1. The Kier molecular flexibility index (Phi) is 4.14. The number of benzene rings is 2. The number of nitrogens with one attached hydrogen (secondary N) is 3. The topological polar surface area (TPSA) is 87.0 Å². The van der Waals surface area contributed by atoms with E-state index < -0.39 is 0 Å². The van der Waals surface area contributed by atoms with Crippen molar-refractivity contribution < 1.29 is 9.53 Å². The normalized spacial score (nSPS) is 10.6. The Morgan fingerprint density at radius 3 is 2.59 bits per heavy atom. The molecule has 0 atom stereocenters. The zero-order chi connectivity index (χ0) is 15.5. The Morgan fingerprint density at radius 2 is 1.82 bits per heavy atom.